The van der Waals surface area contributed by atoms with Gasteiger partial charge in [0.25, 0.3) is 0 Å². The van der Waals surface area contributed by atoms with Crippen molar-refractivity contribution in [2.45, 2.75) is 6.92 Å². The van der Waals surface area contributed by atoms with Gasteiger partial charge in [0.15, 0.2) is 0 Å². The topological polar surface area (TPSA) is 0 Å². The lowest BCUT2D eigenvalue weighted by Gasteiger charge is -1.96. The van der Waals surface area contributed by atoms with E-state index in [0.717, 1.165) is 5.56 Å². The average molecular weight is 245 g/mol. The molecule has 0 aliphatic carbocycles. The van der Waals surface area contributed by atoms with E-state index < -0.39 is 5.82 Å². The third-order valence-corrected chi connectivity index (χ3v) is 2.73. The Morgan fingerprint density at radius 2 is 1.71 bits per heavy atom. The summed E-state index contributed by atoms with van der Waals surface area (Å²) in [5.74, 6) is 5.38. The van der Waals surface area contributed by atoms with Crippen molar-refractivity contribution in [1.82, 2.24) is 0 Å². The summed E-state index contributed by atoms with van der Waals surface area (Å²) in [5, 5.41) is 0.0760. The Balaban J connectivity index is 2.33. The predicted molar refractivity (Wildman–Crippen MR) is 68.6 cm³/mol. The zero-order valence-electron chi connectivity index (χ0n) is 9.30. The molecule has 0 amide bonds. The number of halogens is 2. The molecule has 0 bridgehead atoms. The van der Waals surface area contributed by atoms with Gasteiger partial charge in [0, 0.05) is 11.1 Å². The first-order valence-electron chi connectivity index (χ1n) is 5.19. The largest absolute Gasteiger partial charge is 0.205 e. The number of benzene rings is 2. The van der Waals surface area contributed by atoms with Gasteiger partial charge in [-0.1, -0.05) is 47.2 Å². The van der Waals surface area contributed by atoms with Crippen LogP contribution in [0, 0.1) is 24.6 Å². The fourth-order valence-corrected chi connectivity index (χ4v) is 1.55. The molecule has 2 heteroatoms. The van der Waals surface area contributed by atoms with Gasteiger partial charge in [0.2, 0.25) is 0 Å². The number of rotatable bonds is 0. The van der Waals surface area contributed by atoms with E-state index in [1.807, 2.05) is 31.2 Å². The molecular weight excluding hydrogens is 235 g/mol. The summed E-state index contributed by atoms with van der Waals surface area (Å²) in [6, 6.07) is 12.4. The van der Waals surface area contributed by atoms with Crippen LogP contribution >= 0.6 is 11.6 Å². The second kappa shape index (κ2) is 5.03. The molecule has 2 aromatic rings. The van der Waals surface area contributed by atoms with Gasteiger partial charge in [-0.15, -0.1) is 0 Å². The van der Waals surface area contributed by atoms with Gasteiger partial charge in [0.1, 0.15) is 5.82 Å². The Morgan fingerprint density at radius 1 is 1.00 bits per heavy atom. The second-order valence-corrected chi connectivity index (χ2v) is 4.10. The van der Waals surface area contributed by atoms with Crippen LogP contribution in [0.2, 0.25) is 5.02 Å². The monoisotopic (exact) mass is 244 g/mol. The molecule has 0 unspecified atom stereocenters. The Hall–Kier alpha value is -1.78. The van der Waals surface area contributed by atoms with Crippen molar-refractivity contribution in [2.24, 2.45) is 0 Å². The molecule has 0 heterocycles. The number of hydrogen-bond acceptors (Lipinski definition) is 0. The molecule has 0 N–H and O–H groups in total. The number of aryl methyl sites for hydroxylation is 1. The Morgan fingerprint density at radius 3 is 2.41 bits per heavy atom. The highest BCUT2D eigenvalue weighted by Gasteiger charge is 2.02. The van der Waals surface area contributed by atoms with Crippen molar-refractivity contribution in [3.63, 3.8) is 0 Å². The van der Waals surface area contributed by atoms with E-state index in [1.54, 1.807) is 12.1 Å². The highest BCUT2D eigenvalue weighted by Crippen LogP contribution is 2.18. The first kappa shape index (κ1) is 11.7. The molecule has 0 fully saturated rings. The van der Waals surface area contributed by atoms with Crippen molar-refractivity contribution in [1.29, 1.82) is 0 Å². The summed E-state index contributed by atoms with van der Waals surface area (Å²) in [4.78, 5) is 0. The Bertz CT molecular complexity index is 589. The fourth-order valence-electron chi connectivity index (χ4n) is 1.38. The maximum absolute atomic E-state index is 13.2. The molecule has 0 aliphatic heterocycles. The third-order valence-electron chi connectivity index (χ3n) is 2.34. The van der Waals surface area contributed by atoms with E-state index in [9.17, 15) is 4.39 Å². The maximum Gasteiger partial charge on any atom is 0.143 e. The van der Waals surface area contributed by atoms with E-state index in [1.165, 1.54) is 11.6 Å². The van der Waals surface area contributed by atoms with Gasteiger partial charge < -0.3 is 0 Å². The van der Waals surface area contributed by atoms with Crippen LogP contribution in [0.3, 0.4) is 0 Å². The normalized spacial score (nSPS) is 9.59. The molecule has 2 aromatic carbocycles. The fraction of sp³-hybridized carbons (Fsp3) is 0.0667. The summed E-state index contributed by atoms with van der Waals surface area (Å²) < 4.78 is 13.2. The second-order valence-electron chi connectivity index (χ2n) is 3.72. The Labute approximate surface area is 105 Å². The van der Waals surface area contributed by atoms with Crippen LogP contribution in [-0.4, -0.2) is 0 Å². The zero-order chi connectivity index (χ0) is 12.3. The van der Waals surface area contributed by atoms with E-state index in [0.29, 0.717) is 5.56 Å². The van der Waals surface area contributed by atoms with Crippen molar-refractivity contribution in [3.8, 4) is 11.8 Å². The van der Waals surface area contributed by atoms with Crippen LogP contribution < -0.4 is 0 Å². The van der Waals surface area contributed by atoms with Crippen molar-refractivity contribution in [3.05, 3.63) is 70.0 Å². The summed E-state index contributed by atoms with van der Waals surface area (Å²) >= 11 is 5.81. The first-order valence-corrected chi connectivity index (χ1v) is 5.57. The molecular formula is C15H10ClF. The van der Waals surface area contributed by atoms with Crippen molar-refractivity contribution >= 4 is 11.6 Å². The van der Waals surface area contributed by atoms with Crippen molar-refractivity contribution in [2.75, 3.05) is 0 Å². The van der Waals surface area contributed by atoms with Crippen LogP contribution in [0.4, 0.5) is 4.39 Å². The zero-order valence-corrected chi connectivity index (χ0v) is 10.1. The maximum atomic E-state index is 13.2. The van der Waals surface area contributed by atoms with Gasteiger partial charge in [-0.05, 0) is 31.2 Å². The molecule has 0 aliphatic rings. The highest BCUT2D eigenvalue weighted by molar-refractivity contribution is 6.31. The van der Waals surface area contributed by atoms with Crippen LogP contribution in [0.15, 0.2) is 42.5 Å². The SMILES string of the molecule is Cc1ccc(C#Cc2cccc(F)c2Cl)cc1. The minimum atomic E-state index is -0.442. The summed E-state index contributed by atoms with van der Waals surface area (Å²) in [6.07, 6.45) is 0. The number of hydrogen-bond donors (Lipinski definition) is 0. The van der Waals surface area contributed by atoms with Crippen molar-refractivity contribution < 1.29 is 4.39 Å². The molecule has 0 radical (unpaired) electrons. The molecule has 0 nitrogen and oxygen atoms in total. The lowest BCUT2D eigenvalue weighted by Crippen LogP contribution is -1.82. The van der Waals surface area contributed by atoms with E-state index in [4.69, 9.17) is 11.6 Å². The van der Waals surface area contributed by atoms with Gasteiger partial charge in [-0.25, -0.2) is 4.39 Å². The lowest BCUT2D eigenvalue weighted by atomic mass is 10.1. The summed E-state index contributed by atoms with van der Waals surface area (Å²) in [6.45, 7) is 2.01. The molecule has 0 aromatic heterocycles. The van der Waals surface area contributed by atoms with Crippen LogP contribution in [0.1, 0.15) is 16.7 Å². The van der Waals surface area contributed by atoms with E-state index >= 15 is 0 Å². The molecule has 2 rings (SSSR count). The standard InChI is InChI=1S/C15H10ClF/c1-11-5-7-12(8-6-11)9-10-13-3-2-4-14(17)15(13)16/h2-8H,1H3. The van der Waals surface area contributed by atoms with Crippen LogP contribution in [0.25, 0.3) is 0 Å². The van der Waals surface area contributed by atoms with E-state index in [2.05, 4.69) is 11.8 Å². The van der Waals surface area contributed by atoms with Crippen LogP contribution in [-0.2, 0) is 0 Å². The first-order chi connectivity index (χ1) is 8.16. The molecule has 0 spiro atoms. The van der Waals surface area contributed by atoms with E-state index in [-0.39, 0.29) is 5.02 Å². The minimum Gasteiger partial charge on any atom is -0.205 e. The summed E-state index contributed by atoms with van der Waals surface area (Å²) in [5.41, 5.74) is 2.57. The smallest absolute Gasteiger partial charge is 0.143 e. The Kier molecular flexibility index (Phi) is 3.46. The highest BCUT2D eigenvalue weighted by atomic mass is 35.5. The summed E-state index contributed by atoms with van der Waals surface area (Å²) in [7, 11) is 0. The van der Waals surface area contributed by atoms with Crippen LogP contribution in [0.5, 0.6) is 0 Å². The average Bonchev–Trinajstić information content (AvgIpc) is 2.33. The van der Waals surface area contributed by atoms with Gasteiger partial charge in [-0.3, -0.25) is 0 Å². The quantitative estimate of drug-likeness (QED) is 0.610. The van der Waals surface area contributed by atoms with Gasteiger partial charge >= 0.3 is 0 Å². The molecule has 17 heavy (non-hydrogen) atoms. The van der Waals surface area contributed by atoms with Gasteiger partial charge in [0.05, 0.1) is 5.02 Å². The minimum absolute atomic E-state index is 0.0760. The van der Waals surface area contributed by atoms with Gasteiger partial charge in [-0.2, -0.15) is 0 Å². The molecule has 0 saturated carbocycles. The predicted octanol–water partition coefficient (Wildman–Crippen LogP) is 4.19. The molecule has 84 valence electrons. The third kappa shape index (κ3) is 2.87. The molecule has 0 atom stereocenters. The lowest BCUT2D eigenvalue weighted by molar-refractivity contribution is 0.628. The molecule has 0 saturated heterocycles.